The summed E-state index contributed by atoms with van der Waals surface area (Å²) in [5.41, 5.74) is 2.53. The number of carbonyl (C=O) groups excluding carboxylic acids is 2. The third-order valence-electron chi connectivity index (χ3n) is 5.90. The summed E-state index contributed by atoms with van der Waals surface area (Å²) in [6.07, 6.45) is 0.133. The lowest BCUT2D eigenvalue weighted by molar-refractivity contribution is -0.385. The van der Waals surface area contributed by atoms with Gasteiger partial charge in [-0.25, -0.2) is 0 Å². The average Bonchev–Trinajstić information content (AvgIpc) is 2.82. The third-order valence-corrected chi connectivity index (χ3v) is 5.90. The molecule has 36 heavy (non-hydrogen) atoms. The summed E-state index contributed by atoms with van der Waals surface area (Å²) in [6.45, 7) is 7.85. The van der Waals surface area contributed by atoms with Crippen LogP contribution in [0.15, 0.2) is 78.9 Å². The summed E-state index contributed by atoms with van der Waals surface area (Å²) in [7, 11) is 0. The van der Waals surface area contributed by atoms with Gasteiger partial charge in [0.1, 0.15) is 6.04 Å². The summed E-state index contributed by atoms with van der Waals surface area (Å²) in [5, 5.41) is 14.6. The van der Waals surface area contributed by atoms with Crippen LogP contribution in [0.3, 0.4) is 0 Å². The Morgan fingerprint density at radius 3 is 2.11 bits per heavy atom. The van der Waals surface area contributed by atoms with E-state index in [9.17, 15) is 19.7 Å². The summed E-state index contributed by atoms with van der Waals surface area (Å²) >= 11 is 0. The minimum atomic E-state index is -0.804. The maximum atomic E-state index is 13.8. The van der Waals surface area contributed by atoms with Crippen LogP contribution in [0.4, 0.5) is 5.69 Å². The summed E-state index contributed by atoms with van der Waals surface area (Å²) in [4.78, 5) is 40.1. The molecule has 0 aliphatic rings. The fourth-order valence-corrected chi connectivity index (χ4v) is 4.08. The highest BCUT2D eigenvalue weighted by Crippen LogP contribution is 2.22. The molecule has 1 N–H and O–H groups in total. The zero-order valence-corrected chi connectivity index (χ0v) is 21.2. The number of carbonyl (C=O) groups is 2. The number of nitrogens with zero attached hydrogens (tertiary/aromatic N) is 2. The molecular formula is C29H33N3O4. The van der Waals surface area contributed by atoms with Gasteiger partial charge in [-0.2, -0.15) is 0 Å². The number of nitrogens with one attached hydrogen (secondary N) is 1. The predicted molar refractivity (Wildman–Crippen MR) is 140 cm³/mol. The molecule has 3 rings (SSSR count). The van der Waals surface area contributed by atoms with Crippen molar-refractivity contribution in [3.63, 3.8) is 0 Å². The maximum absolute atomic E-state index is 13.8. The van der Waals surface area contributed by atoms with E-state index in [0.29, 0.717) is 12.0 Å². The van der Waals surface area contributed by atoms with E-state index in [1.807, 2.05) is 82.3 Å². The Morgan fingerprint density at radius 2 is 1.50 bits per heavy atom. The largest absolute Gasteiger partial charge is 0.350 e. The van der Waals surface area contributed by atoms with E-state index in [1.54, 1.807) is 23.1 Å². The molecule has 0 unspecified atom stereocenters. The van der Waals surface area contributed by atoms with Crippen molar-refractivity contribution in [1.29, 1.82) is 0 Å². The minimum Gasteiger partial charge on any atom is -0.350 e. The molecule has 0 aromatic heterocycles. The molecule has 7 nitrogen and oxygen atoms in total. The fourth-order valence-electron chi connectivity index (χ4n) is 4.08. The lowest BCUT2D eigenvalue weighted by Crippen LogP contribution is -2.54. The Kier molecular flexibility index (Phi) is 8.59. The van der Waals surface area contributed by atoms with Crippen molar-refractivity contribution in [3.8, 4) is 0 Å². The number of amides is 2. The van der Waals surface area contributed by atoms with Gasteiger partial charge >= 0.3 is 0 Å². The molecule has 0 bridgehead atoms. The van der Waals surface area contributed by atoms with E-state index in [2.05, 4.69) is 5.32 Å². The van der Waals surface area contributed by atoms with Gasteiger partial charge in [-0.3, -0.25) is 19.7 Å². The number of para-hydroxylation sites is 1. The van der Waals surface area contributed by atoms with Crippen LogP contribution < -0.4 is 5.32 Å². The zero-order valence-electron chi connectivity index (χ0n) is 21.2. The highest BCUT2D eigenvalue weighted by molar-refractivity contribution is 5.89. The van der Waals surface area contributed by atoms with E-state index >= 15 is 0 Å². The average molecular weight is 488 g/mol. The van der Waals surface area contributed by atoms with Crippen molar-refractivity contribution in [2.75, 3.05) is 0 Å². The van der Waals surface area contributed by atoms with Gasteiger partial charge in [0.2, 0.25) is 11.8 Å². The second-order valence-corrected chi connectivity index (χ2v) is 9.96. The highest BCUT2D eigenvalue weighted by Gasteiger charge is 2.33. The Hall–Kier alpha value is -4.00. The Balaban J connectivity index is 2.05. The van der Waals surface area contributed by atoms with E-state index in [4.69, 9.17) is 0 Å². The van der Waals surface area contributed by atoms with Crippen LogP contribution in [-0.2, 0) is 29.0 Å². The van der Waals surface area contributed by atoms with Gasteiger partial charge in [0.15, 0.2) is 0 Å². The van der Waals surface area contributed by atoms with Crippen LogP contribution in [0, 0.1) is 17.0 Å². The minimum absolute atomic E-state index is 0.111. The Bertz CT molecular complexity index is 1220. The number of nitro groups is 1. The second kappa shape index (κ2) is 11.6. The first-order valence-corrected chi connectivity index (χ1v) is 12.0. The summed E-state index contributed by atoms with van der Waals surface area (Å²) in [5.74, 6) is -0.617. The first-order chi connectivity index (χ1) is 17.0. The predicted octanol–water partition coefficient (Wildman–Crippen LogP) is 5.00. The van der Waals surface area contributed by atoms with Crippen LogP contribution in [0.2, 0.25) is 0 Å². The Labute approximate surface area is 212 Å². The van der Waals surface area contributed by atoms with Crippen LogP contribution in [0.1, 0.15) is 43.0 Å². The molecule has 188 valence electrons. The first-order valence-electron chi connectivity index (χ1n) is 12.0. The van der Waals surface area contributed by atoms with Crippen LogP contribution in [-0.4, -0.2) is 33.2 Å². The molecule has 2 amide bonds. The van der Waals surface area contributed by atoms with Gasteiger partial charge in [0.25, 0.3) is 5.69 Å². The second-order valence-electron chi connectivity index (χ2n) is 9.96. The van der Waals surface area contributed by atoms with Gasteiger partial charge < -0.3 is 10.2 Å². The lowest BCUT2D eigenvalue weighted by Gasteiger charge is -2.34. The number of hydrogen-bond acceptors (Lipinski definition) is 4. The molecular weight excluding hydrogens is 454 g/mol. The zero-order chi connectivity index (χ0) is 26.3. The highest BCUT2D eigenvalue weighted by atomic mass is 16.6. The SMILES string of the molecule is Cc1ccccc1CN(C(=O)Cc1ccccc1[N+](=O)[O-])[C@@H](Cc1ccccc1)C(=O)NC(C)(C)C. The normalized spacial score (nSPS) is 12.0. The lowest BCUT2D eigenvalue weighted by atomic mass is 9.99. The molecule has 7 heteroatoms. The van der Waals surface area contributed by atoms with E-state index < -0.39 is 16.5 Å². The number of hydrogen-bond donors (Lipinski definition) is 1. The van der Waals surface area contributed by atoms with Gasteiger partial charge in [-0.05, 0) is 44.4 Å². The van der Waals surface area contributed by atoms with Crippen LogP contribution >= 0.6 is 0 Å². The van der Waals surface area contributed by atoms with Crippen molar-refractivity contribution in [2.24, 2.45) is 0 Å². The number of rotatable bonds is 9. The Morgan fingerprint density at radius 1 is 0.917 bits per heavy atom. The van der Waals surface area contributed by atoms with Crippen LogP contribution in [0.5, 0.6) is 0 Å². The van der Waals surface area contributed by atoms with E-state index in [-0.39, 0.29) is 30.5 Å². The van der Waals surface area contributed by atoms with Gasteiger partial charge in [0, 0.05) is 30.1 Å². The van der Waals surface area contributed by atoms with Gasteiger partial charge in [-0.15, -0.1) is 0 Å². The first kappa shape index (κ1) is 26.6. The van der Waals surface area contributed by atoms with Gasteiger partial charge in [0.05, 0.1) is 11.3 Å². The maximum Gasteiger partial charge on any atom is 0.273 e. The van der Waals surface area contributed by atoms with Crippen molar-refractivity contribution in [2.45, 2.75) is 58.7 Å². The van der Waals surface area contributed by atoms with Crippen molar-refractivity contribution >= 4 is 17.5 Å². The van der Waals surface area contributed by atoms with Crippen LogP contribution in [0.25, 0.3) is 0 Å². The molecule has 1 atom stereocenters. The molecule has 0 saturated heterocycles. The molecule has 0 spiro atoms. The topological polar surface area (TPSA) is 92.6 Å². The molecule has 0 saturated carbocycles. The molecule has 3 aromatic rings. The molecule has 0 fully saturated rings. The number of nitro benzene ring substituents is 1. The quantitative estimate of drug-likeness (QED) is 0.340. The summed E-state index contributed by atoms with van der Waals surface area (Å²) in [6, 6.07) is 22.7. The third kappa shape index (κ3) is 7.25. The van der Waals surface area contributed by atoms with Crippen molar-refractivity contribution < 1.29 is 14.5 Å². The molecule has 0 aliphatic heterocycles. The van der Waals surface area contributed by atoms with Crippen molar-refractivity contribution in [3.05, 3.63) is 111 Å². The van der Waals surface area contributed by atoms with E-state index in [0.717, 1.165) is 16.7 Å². The number of aryl methyl sites for hydroxylation is 1. The smallest absolute Gasteiger partial charge is 0.273 e. The van der Waals surface area contributed by atoms with Crippen molar-refractivity contribution in [1.82, 2.24) is 10.2 Å². The summed E-state index contributed by atoms with van der Waals surface area (Å²) < 4.78 is 0. The van der Waals surface area contributed by atoms with Gasteiger partial charge in [-0.1, -0.05) is 72.8 Å². The molecule has 0 radical (unpaired) electrons. The molecule has 0 heterocycles. The standard InChI is InChI=1S/C29H33N3O4/c1-21-12-8-9-16-24(21)20-31(27(33)19-23-15-10-11-17-25(23)32(35)36)26(28(34)30-29(2,3)4)18-22-13-6-5-7-14-22/h5-17,26H,18-20H2,1-4H3,(H,30,34)/t26-/m0/s1. The molecule has 0 aliphatic carbocycles. The molecule has 3 aromatic carbocycles. The number of benzene rings is 3. The fraction of sp³-hybridized carbons (Fsp3) is 0.310. The monoisotopic (exact) mass is 487 g/mol. The van der Waals surface area contributed by atoms with E-state index in [1.165, 1.54) is 6.07 Å².